The molecular formula is C12H11ClN6. The molecule has 0 fully saturated rings. The third-order valence-corrected chi connectivity index (χ3v) is 2.99. The summed E-state index contributed by atoms with van der Waals surface area (Å²) in [6.07, 6.45) is 5.23. The Labute approximate surface area is 114 Å². The van der Waals surface area contributed by atoms with E-state index in [9.17, 15) is 0 Å². The van der Waals surface area contributed by atoms with E-state index in [-0.39, 0.29) is 11.3 Å². The van der Waals surface area contributed by atoms with Crippen molar-refractivity contribution in [3.8, 4) is 0 Å². The fourth-order valence-electron chi connectivity index (χ4n) is 1.84. The summed E-state index contributed by atoms with van der Waals surface area (Å²) >= 11 is 5.89. The highest BCUT2D eigenvalue weighted by Gasteiger charge is 2.12. The molecule has 0 spiro atoms. The predicted molar refractivity (Wildman–Crippen MR) is 73.0 cm³/mol. The highest BCUT2D eigenvalue weighted by Crippen LogP contribution is 2.24. The van der Waals surface area contributed by atoms with Crippen LogP contribution in [0.25, 0.3) is 11.0 Å². The van der Waals surface area contributed by atoms with Gasteiger partial charge in [0.25, 0.3) is 0 Å². The van der Waals surface area contributed by atoms with Gasteiger partial charge < -0.3 is 5.32 Å². The molecule has 0 bridgehead atoms. The number of aromatic amines is 1. The Kier molecular flexibility index (Phi) is 3.00. The second-order valence-electron chi connectivity index (χ2n) is 4.13. The molecule has 1 atom stereocenters. The van der Waals surface area contributed by atoms with Crippen LogP contribution in [0.2, 0.25) is 5.28 Å². The van der Waals surface area contributed by atoms with Gasteiger partial charge in [0.1, 0.15) is 5.82 Å². The standard InChI is InChI=1S/C12H11ClN6/c1-7(8-3-2-4-14-5-8)16-10-9-6-15-19-11(9)18-12(13)17-10/h2-7H,1H3,(H2,15,16,17,18,19). The minimum atomic E-state index is 0.0535. The van der Waals surface area contributed by atoms with E-state index >= 15 is 0 Å². The molecule has 0 aliphatic heterocycles. The first kappa shape index (κ1) is 11.9. The maximum atomic E-state index is 5.89. The molecule has 0 radical (unpaired) electrons. The molecule has 0 saturated carbocycles. The molecule has 0 aromatic carbocycles. The van der Waals surface area contributed by atoms with Gasteiger partial charge in [-0.2, -0.15) is 15.1 Å². The zero-order valence-corrected chi connectivity index (χ0v) is 10.9. The molecule has 2 N–H and O–H groups in total. The zero-order valence-electron chi connectivity index (χ0n) is 10.1. The average Bonchev–Trinajstić information content (AvgIpc) is 2.88. The van der Waals surface area contributed by atoms with E-state index in [2.05, 4.69) is 30.5 Å². The Morgan fingerprint density at radius 3 is 3.00 bits per heavy atom. The molecule has 6 nitrogen and oxygen atoms in total. The molecule has 0 saturated heterocycles. The summed E-state index contributed by atoms with van der Waals surface area (Å²) in [6.45, 7) is 2.03. The van der Waals surface area contributed by atoms with Crippen molar-refractivity contribution in [3.05, 3.63) is 41.6 Å². The van der Waals surface area contributed by atoms with Crippen LogP contribution in [0.4, 0.5) is 5.82 Å². The van der Waals surface area contributed by atoms with E-state index in [0.717, 1.165) is 10.9 Å². The summed E-state index contributed by atoms with van der Waals surface area (Å²) in [4.78, 5) is 12.4. The van der Waals surface area contributed by atoms with Crippen molar-refractivity contribution in [2.45, 2.75) is 13.0 Å². The van der Waals surface area contributed by atoms with Crippen molar-refractivity contribution in [2.24, 2.45) is 0 Å². The van der Waals surface area contributed by atoms with Crippen molar-refractivity contribution < 1.29 is 0 Å². The molecule has 3 aromatic rings. The molecule has 19 heavy (non-hydrogen) atoms. The van der Waals surface area contributed by atoms with Gasteiger partial charge in [0, 0.05) is 12.4 Å². The first-order valence-electron chi connectivity index (χ1n) is 5.77. The van der Waals surface area contributed by atoms with Crippen LogP contribution in [-0.2, 0) is 0 Å². The van der Waals surface area contributed by atoms with Crippen LogP contribution in [0.15, 0.2) is 30.7 Å². The number of H-pyrrole nitrogens is 1. The fraction of sp³-hybridized carbons (Fsp3) is 0.167. The molecule has 1 unspecified atom stereocenters. The van der Waals surface area contributed by atoms with Gasteiger partial charge in [-0.25, -0.2) is 0 Å². The van der Waals surface area contributed by atoms with E-state index in [1.165, 1.54) is 0 Å². The molecule has 0 aliphatic carbocycles. The van der Waals surface area contributed by atoms with Crippen molar-refractivity contribution in [1.82, 2.24) is 25.1 Å². The lowest BCUT2D eigenvalue weighted by atomic mass is 10.1. The van der Waals surface area contributed by atoms with Crippen LogP contribution in [0.1, 0.15) is 18.5 Å². The monoisotopic (exact) mass is 274 g/mol. The van der Waals surface area contributed by atoms with Crippen LogP contribution in [0.5, 0.6) is 0 Å². The molecule has 0 aliphatic rings. The number of pyridine rings is 1. The van der Waals surface area contributed by atoms with Crippen LogP contribution < -0.4 is 5.32 Å². The van der Waals surface area contributed by atoms with Crippen molar-refractivity contribution >= 4 is 28.5 Å². The summed E-state index contributed by atoms with van der Waals surface area (Å²) in [6, 6.07) is 3.95. The van der Waals surface area contributed by atoms with E-state index < -0.39 is 0 Å². The van der Waals surface area contributed by atoms with Crippen molar-refractivity contribution in [1.29, 1.82) is 0 Å². The van der Waals surface area contributed by atoms with Crippen molar-refractivity contribution in [2.75, 3.05) is 5.32 Å². The second kappa shape index (κ2) is 4.81. The van der Waals surface area contributed by atoms with Crippen LogP contribution in [0, 0.1) is 0 Å². The van der Waals surface area contributed by atoms with E-state index in [0.29, 0.717) is 11.5 Å². The molecule has 3 aromatic heterocycles. The number of hydrogen-bond acceptors (Lipinski definition) is 5. The Morgan fingerprint density at radius 2 is 2.21 bits per heavy atom. The summed E-state index contributed by atoms with van der Waals surface area (Å²) < 4.78 is 0. The number of anilines is 1. The highest BCUT2D eigenvalue weighted by molar-refractivity contribution is 6.28. The molecule has 7 heteroatoms. The maximum Gasteiger partial charge on any atom is 0.226 e. The van der Waals surface area contributed by atoms with Gasteiger partial charge in [0.05, 0.1) is 17.6 Å². The van der Waals surface area contributed by atoms with Gasteiger partial charge in [-0.3, -0.25) is 10.1 Å². The fourth-order valence-corrected chi connectivity index (χ4v) is 2.01. The van der Waals surface area contributed by atoms with E-state index in [1.807, 2.05) is 25.3 Å². The normalized spacial score (nSPS) is 12.5. The second-order valence-corrected chi connectivity index (χ2v) is 4.46. The number of nitrogens with one attached hydrogen (secondary N) is 2. The van der Waals surface area contributed by atoms with Gasteiger partial charge in [-0.1, -0.05) is 6.07 Å². The number of fused-ring (bicyclic) bond motifs is 1. The minimum Gasteiger partial charge on any atom is -0.363 e. The van der Waals surface area contributed by atoms with E-state index in [1.54, 1.807) is 12.4 Å². The largest absolute Gasteiger partial charge is 0.363 e. The lowest BCUT2D eigenvalue weighted by Crippen LogP contribution is -2.08. The summed E-state index contributed by atoms with van der Waals surface area (Å²) in [5.41, 5.74) is 1.68. The van der Waals surface area contributed by atoms with Gasteiger partial charge >= 0.3 is 0 Å². The molecule has 96 valence electrons. The summed E-state index contributed by atoms with van der Waals surface area (Å²) in [5, 5.41) is 11.0. The lowest BCUT2D eigenvalue weighted by Gasteiger charge is -2.14. The molecule has 0 amide bonds. The average molecular weight is 275 g/mol. The Balaban J connectivity index is 1.95. The zero-order chi connectivity index (χ0) is 13.2. The predicted octanol–water partition coefficient (Wildman–Crippen LogP) is 2.57. The quantitative estimate of drug-likeness (QED) is 0.718. The first-order chi connectivity index (χ1) is 9.24. The Hall–Kier alpha value is -2.21. The smallest absolute Gasteiger partial charge is 0.226 e. The number of hydrogen-bond donors (Lipinski definition) is 2. The highest BCUT2D eigenvalue weighted by atomic mass is 35.5. The summed E-state index contributed by atoms with van der Waals surface area (Å²) in [7, 11) is 0. The van der Waals surface area contributed by atoms with Gasteiger partial charge in [-0.15, -0.1) is 0 Å². The third kappa shape index (κ3) is 2.34. The van der Waals surface area contributed by atoms with Crippen LogP contribution in [-0.4, -0.2) is 25.1 Å². The van der Waals surface area contributed by atoms with Gasteiger partial charge in [0.2, 0.25) is 5.28 Å². The molecule has 3 rings (SSSR count). The number of rotatable bonds is 3. The van der Waals surface area contributed by atoms with Gasteiger partial charge in [-0.05, 0) is 30.2 Å². The minimum absolute atomic E-state index is 0.0535. The van der Waals surface area contributed by atoms with Crippen LogP contribution >= 0.6 is 11.6 Å². The Morgan fingerprint density at radius 1 is 1.32 bits per heavy atom. The molecule has 3 heterocycles. The van der Waals surface area contributed by atoms with Crippen molar-refractivity contribution in [3.63, 3.8) is 0 Å². The number of halogens is 1. The topological polar surface area (TPSA) is 79.4 Å². The van der Waals surface area contributed by atoms with Gasteiger partial charge in [0.15, 0.2) is 5.65 Å². The number of aromatic nitrogens is 5. The SMILES string of the molecule is CC(Nc1nc(Cl)nc2[nH]ncc12)c1cccnc1. The summed E-state index contributed by atoms with van der Waals surface area (Å²) in [5.74, 6) is 0.653. The lowest BCUT2D eigenvalue weighted by molar-refractivity contribution is 0.867. The first-order valence-corrected chi connectivity index (χ1v) is 6.15. The molecular weight excluding hydrogens is 264 g/mol. The maximum absolute atomic E-state index is 5.89. The van der Waals surface area contributed by atoms with Crippen LogP contribution in [0.3, 0.4) is 0 Å². The van der Waals surface area contributed by atoms with E-state index in [4.69, 9.17) is 11.6 Å². The number of nitrogens with zero attached hydrogens (tertiary/aromatic N) is 4. The Bertz CT molecular complexity index is 696. The third-order valence-electron chi connectivity index (χ3n) is 2.82.